The number of carbonyl (C=O) groups is 1. The zero-order valence-corrected chi connectivity index (χ0v) is 13.8. The molecule has 0 atom stereocenters. The number of para-hydroxylation sites is 1. The third-order valence-corrected chi connectivity index (χ3v) is 4.26. The van der Waals surface area contributed by atoms with Crippen LogP contribution in [0.5, 0.6) is 0 Å². The lowest BCUT2D eigenvalue weighted by atomic mass is 10.2. The summed E-state index contributed by atoms with van der Waals surface area (Å²) in [4.78, 5) is 16.4. The SMILES string of the molecule is N#Cc1ccccc1NC(=O)N1CCN(c2cccc(Cl)c2)CC1. The highest BCUT2D eigenvalue weighted by molar-refractivity contribution is 6.30. The fourth-order valence-corrected chi connectivity index (χ4v) is 2.91. The Kier molecular flexibility index (Phi) is 4.88. The van der Waals surface area contributed by atoms with Gasteiger partial charge in [-0.3, -0.25) is 0 Å². The van der Waals surface area contributed by atoms with Gasteiger partial charge in [-0.15, -0.1) is 0 Å². The molecule has 1 fully saturated rings. The summed E-state index contributed by atoms with van der Waals surface area (Å²) in [6, 6.07) is 16.6. The molecule has 0 unspecified atom stereocenters. The molecule has 1 aliphatic heterocycles. The molecular formula is C18H17ClN4O. The van der Waals surface area contributed by atoms with Gasteiger partial charge in [0, 0.05) is 36.9 Å². The van der Waals surface area contributed by atoms with Gasteiger partial charge in [0.15, 0.2) is 0 Å². The molecule has 1 aliphatic rings. The van der Waals surface area contributed by atoms with Gasteiger partial charge in [-0.1, -0.05) is 29.8 Å². The number of rotatable bonds is 2. The second kappa shape index (κ2) is 7.24. The maximum atomic E-state index is 12.4. The largest absolute Gasteiger partial charge is 0.368 e. The van der Waals surface area contributed by atoms with Crippen LogP contribution in [-0.4, -0.2) is 37.1 Å². The molecular weight excluding hydrogens is 324 g/mol. The molecule has 122 valence electrons. The number of nitriles is 1. The van der Waals surface area contributed by atoms with Crippen LogP contribution >= 0.6 is 11.6 Å². The second-order valence-corrected chi connectivity index (χ2v) is 5.98. The molecule has 0 saturated carbocycles. The van der Waals surface area contributed by atoms with Crippen LogP contribution in [0.3, 0.4) is 0 Å². The van der Waals surface area contributed by atoms with E-state index in [1.165, 1.54) is 0 Å². The van der Waals surface area contributed by atoms with E-state index in [0.717, 1.165) is 18.8 Å². The van der Waals surface area contributed by atoms with E-state index < -0.39 is 0 Å². The Morgan fingerprint density at radius 2 is 1.83 bits per heavy atom. The fourth-order valence-electron chi connectivity index (χ4n) is 2.72. The van der Waals surface area contributed by atoms with E-state index in [1.54, 1.807) is 29.2 Å². The van der Waals surface area contributed by atoms with Crippen molar-refractivity contribution in [3.63, 3.8) is 0 Å². The number of nitrogens with zero attached hydrogens (tertiary/aromatic N) is 3. The molecule has 0 bridgehead atoms. The molecule has 1 N–H and O–H groups in total. The highest BCUT2D eigenvalue weighted by Gasteiger charge is 2.22. The Bertz CT molecular complexity index is 779. The van der Waals surface area contributed by atoms with Crippen LogP contribution in [0, 0.1) is 11.3 Å². The number of halogens is 1. The van der Waals surface area contributed by atoms with E-state index in [1.807, 2.05) is 24.3 Å². The molecule has 3 rings (SSSR count). The molecule has 0 aromatic heterocycles. The highest BCUT2D eigenvalue weighted by Crippen LogP contribution is 2.21. The molecule has 2 amide bonds. The molecule has 2 aromatic rings. The lowest BCUT2D eigenvalue weighted by Crippen LogP contribution is -2.50. The minimum Gasteiger partial charge on any atom is -0.368 e. The van der Waals surface area contributed by atoms with Crippen molar-refractivity contribution in [2.45, 2.75) is 0 Å². The molecule has 1 saturated heterocycles. The zero-order chi connectivity index (χ0) is 16.9. The molecule has 24 heavy (non-hydrogen) atoms. The van der Waals surface area contributed by atoms with Gasteiger partial charge < -0.3 is 15.1 Å². The van der Waals surface area contributed by atoms with Crippen LogP contribution < -0.4 is 10.2 Å². The Morgan fingerprint density at radius 1 is 1.08 bits per heavy atom. The minimum atomic E-state index is -0.177. The molecule has 1 heterocycles. The third-order valence-electron chi connectivity index (χ3n) is 4.03. The van der Waals surface area contributed by atoms with Gasteiger partial charge in [0.1, 0.15) is 6.07 Å². The number of piperazine rings is 1. The zero-order valence-electron chi connectivity index (χ0n) is 13.1. The quantitative estimate of drug-likeness (QED) is 0.909. The summed E-state index contributed by atoms with van der Waals surface area (Å²) >= 11 is 6.03. The Balaban J connectivity index is 1.60. The van der Waals surface area contributed by atoms with Crippen LogP contribution in [-0.2, 0) is 0 Å². The normalized spacial score (nSPS) is 14.2. The summed E-state index contributed by atoms with van der Waals surface area (Å²) in [5, 5.41) is 12.6. The second-order valence-electron chi connectivity index (χ2n) is 5.54. The predicted molar refractivity (Wildman–Crippen MR) is 95.4 cm³/mol. The molecule has 5 nitrogen and oxygen atoms in total. The average Bonchev–Trinajstić information content (AvgIpc) is 2.62. The van der Waals surface area contributed by atoms with Crippen LogP contribution in [0.25, 0.3) is 0 Å². The predicted octanol–water partition coefficient (Wildman–Crippen LogP) is 3.57. The summed E-state index contributed by atoms with van der Waals surface area (Å²) in [5.74, 6) is 0. The summed E-state index contributed by atoms with van der Waals surface area (Å²) in [6.07, 6.45) is 0. The topological polar surface area (TPSA) is 59.4 Å². The smallest absolute Gasteiger partial charge is 0.322 e. The van der Waals surface area contributed by atoms with Gasteiger partial charge in [0.2, 0.25) is 0 Å². The molecule has 2 aromatic carbocycles. The highest BCUT2D eigenvalue weighted by atomic mass is 35.5. The van der Waals surface area contributed by atoms with Crippen LogP contribution in [0.15, 0.2) is 48.5 Å². The van der Waals surface area contributed by atoms with Gasteiger partial charge in [-0.25, -0.2) is 4.79 Å². The fraction of sp³-hybridized carbons (Fsp3) is 0.222. The van der Waals surface area contributed by atoms with Gasteiger partial charge in [0.05, 0.1) is 11.3 Å². The Labute approximate surface area is 146 Å². The van der Waals surface area contributed by atoms with E-state index in [2.05, 4.69) is 16.3 Å². The lowest BCUT2D eigenvalue weighted by Gasteiger charge is -2.36. The first-order chi connectivity index (χ1) is 11.7. The number of hydrogen-bond donors (Lipinski definition) is 1. The van der Waals surface area contributed by atoms with Crippen molar-refractivity contribution in [3.05, 3.63) is 59.1 Å². The summed E-state index contributed by atoms with van der Waals surface area (Å²) in [7, 11) is 0. The monoisotopic (exact) mass is 340 g/mol. The maximum absolute atomic E-state index is 12.4. The average molecular weight is 341 g/mol. The number of hydrogen-bond acceptors (Lipinski definition) is 3. The molecule has 0 aliphatic carbocycles. The summed E-state index contributed by atoms with van der Waals surface area (Å²) in [6.45, 7) is 2.72. The molecule has 0 radical (unpaired) electrons. The number of nitrogens with one attached hydrogen (secondary N) is 1. The van der Waals surface area contributed by atoms with Crippen molar-refractivity contribution in [3.8, 4) is 6.07 Å². The van der Waals surface area contributed by atoms with Gasteiger partial charge >= 0.3 is 6.03 Å². The van der Waals surface area contributed by atoms with Gasteiger partial charge in [-0.05, 0) is 30.3 Å². The lowest BCUT2D eigenvalue weighted by molar-refractivity contribution is 0.208. The van der Waals surface area contributed by atoms with Crippen molar-refractivity contribution < 1.29 is 4.79 Å². The Hall–Kier alpha value is -2.71. The number of carbonyl (C=O) groups excluding carboxylic acids is 1. The number of urea groups is 1. The van der Waals surface area contributed by atoms with E-state index in [-0.39, 0.29) is 6.03 Å². The van der Waals surface area contributed by atoms with E-state index in [0.29, 0.717) is 29.4 Å². The van der Waals surface area contributed by atoms with E-state index >= 15 is 0 Å². The first-order valence-corrected chi connectivity index (χ1v) is 8.11. The third kappa shape index (κ3) is 3.61. The number of anilines is 2. The molecule has 6 heteroatoms. The number of amides is 2. The molecule has 0 spiro atoms. The van der Waals surface area contributed by atoms with Crippen molar-refractivity contribution in [1.29, 1.82) is 5.26 Å². The van der Waals surface area contributed by atoms with Crippen LogP contribution in [0.1, 0.15) is 5.56 Å². The Morgan fingerprint density at radius 3 is 2.54 bits per heavy atom. The van der Waals surface area contributed by atoms with Gasteiger partial charge in [0.25, 0.3) is 0 Å². The van der Waals surface area contributed by atoms with E-state index in [9.17, 15) is 4.79 Å². The summed E-state index contributed by atoms with van der Waals surface area (Å²) < 4.78 is 0. The maximum Gasteiger partial charge on any atom is 0.322 e. The first kappa shape index (κ1) is 16.2. The standard InChI is InChI=1S/C18H17ClN4O/c19-15-5-3-6-16(12-15)22-8-10-23(11-9-22)18(24)21-17-7-2-1-4-14(17)13-20/h1-7,12H,8-11H2,(H,21,24). The van der Waals surface area contributed by atoms with Crippen molar-refractivity contribution in [1.82, 2.24) is 4.90 Å². The van der Waals surface area contributed by atoms with Crippen molar-refractivity contribution >= 4 is 29.0 Å². The number of benzene rings is 2. The van der Waals surface area contributed by atoms with Crippen LogP contribution in [0.4, 0.5) is 16.2 Å². The van der Waals surface area contributed by atoms with Crippen molar-refractivity contribution in [2.24, 2.45) is 0 Å². The summed E-state index contributed by atoms with van der Waals surface area (Å²) in [5.41, 5.74) is 2.07. The minimum absolute atomic E-state index is 0.177. The van der Waals surface area contributed by atoms with Gasteiger partial charge in [-0.2, -0.15) is 5.26 Å². The first-order valence-electron chi connectivity index (χ1n) is 7.73. The van der Waals surface area contributed by atoms with Crippen LogP contribution in [0.2, 0.25) is 5.02 Å². The van der Waals surface area contributed by atoms with E-state index in [4.69, 9.17) is 16.9 Å². The van der Waals surface area contributed by atoms with Crippen molar-refractivity contribution in [2.75, 3.05) is 36.4 Å².